The predicted molar refractivity (Wildman–Crippen MR) is 87.9 cm³/mol. The van der Waals surface area contributed by atoms with Gasteiger partial charge in [-0.05, 0) is 19.3 Å². The fourth-order valence-corrected chi connectivity index (χ4v) is 2.34. The average molecular weight is 298 g/mol. The van der Waals surface area contributed by atoms with E-state index < -0.39 is 0 Å². The monoisotopic (exact) mass is 298 g/mol. The maximum absolute atomic E-state index is 11.5. The van der Waals surface area contributed by atoms with Crippen LogP contribution in [-0.2, 0) is 9.59 Å². The lowest BCUT2D eigenvalue weighted by atomic mass is 10.1. The summed E-state index contributed by atoms with van der Waals surface area (Å²) in [5.74, 6) is -0.131. The van der Waals surface area contributed by atoms with E-state index in [0.29, 0.717) is 19.4 Å². The summed E-state index contributed by atoms with van der Waals surface area (Å²) in [6, 6.07) is 0. The molecule has 4 nitrogen and oxygen atoms in total. The van der Waals surface area contributed by atoms with Gasteiger partial charge in [0.2, 0.25) is 11.8 Å². The fraction of sp³-hybridized carbons (Fsp3) is 0.882. The Hall–Kier alpha value is -1.06. The second-order valence-electron chi connectivity index (χ2n) is 5.85. The Morgan fingerprint density at radius 3 is 1.86 bits per heavy atom. The molecule has 124 valence electrons. The third-order valence-electron chi connectivity index (χ3n) is 3.68. The van der Waals surface area contributed by atoms with Crippen molar-refractivity contribution in [2.24, 2.45) is 5.73 Å². The number of hydrogen-bond donors (Lipinski definition) is 2. The highest BCUT2D eigenvalue weighted by Crippen LogP contribution is 2.10. The number of nitrogens with two attached hydrogens (primary N) is 1. The van der Waals surface area contributed by atoms with E-state index in [0.717, 1.165) is 25.7 Å². The van der Waals surface area contributed by atoms with Gasteiger partial charge >= 0.3 is 0 Å². The average Bonchev–Trinajstić information content (AvgIpc) is 2.45. The van der Waals surface area contributed by atoms with E-state index in [9.17, 15) is 9.59 Å². The number of primary amides is 1. The number of nitrogens with one attached hydrogen (secondary N) is 1. The van der Waals surface area contributed by atoms with Gasteiger partial charge in [-0.1, -0.05) is 58.3 Å². The van der Waals surface area contributed by atoms with Crippen LogP contribution in [-0.4, -0.2) is 18.4 Å². The molecule has 0 aromatic rings. The number of rotatable bonds is 15. The van der Waals surface area contributed by atoms with Crippen LogP contribution in [0.4, 0.5) is 0 Å². The van der Waals surface area contributed by atoms with Crippen LogP contribution in [0.15, 0.2) is 0 Å². The first-order valence-electron chi connectivity index (χ1n) is 8.71. The Morgan fingerprint density at radius 2 is 1.29 bits per heavy atom. The minimum Gasteiger partial charge on any atom is -0.370 e. The highest BCUT2D eigenvalue weighted by molar-refractivity contribution is 5.75. The zero-order valence-corrected chi connectivity index (χ0v) is 13.8. The van der Waals surface area contributed by atoms with Gasteiger partial charge in [-0.25, -0.2) is 0 Å². The van der Waals surface area contributed by atoms with Gasteiger partial charge in [-0.3, -0.25) is 9.59 Å². The van der Waals surface area contributed by atoms with Crippen LogP contribution in [0, 0.1) is 0 Å². The Labute approximate surface area is 130 Å². The summed E-state index contributed by atoms with van der Waals surface area (Å²) in [6.07, 6.45) is 14.1. The van der Waals surface area contributed by atoms with Gasteiger partial charge in [-0.15, -0.1) is 0 Å². The van der Waals surface area contributed by atoms with Crippen LogP contribution >= 0.6 is 0 Å². The van der Waals surface area contributed by atoms with E-state index in [2.05, 4.69) is 12.2 Å². The molecule has 0 fully saturated rings. The van der Waals surface area contributed by atoms with E-state index in [-0.39, 0.29) is 11.8 Å². The molecule has 0 aliphatic rings. The van der Waals surface area contributed by atoms with Crippen molar-refractivity contribution in [2.75, 3.05) is 6.54 Å². The first-order valence-corrected chi connectivity index (χ1v) is 8.71. The molecule has 0 saturated heterocycles. The summed E-state index contributed by atoms with van der Waals surface area (Å²) in [7, 11) is 0. The van der Waals surface area contributed by atoms with E-state index in [4.69, 9.17) is 5.73 Å². The third-order valence-corrected chi connectivity index (χ3v) is 3.68. The summed E-state index contributed by atoms with van der Waals surface area (Å²) < 4.78 is 0. The first kappa shape index (κ1) is 19.9. The molecule has 3 N–H and O–H groups in total. The quantitative estimate of drug-likeness (QED) is 0.453. The minimum absolute atomic E-state index is 0.136. The molecule has 0 aromatic carbocycles. The Kier molecular flexibility index (Phi) is 14.6. The minimum atomic E-state index is -0.268. The van der Waals surface area contributed by atoms with E-state index in [1.54, 1.807) is 0 Å². The van der Waals surface area contributed by atoms with Crippen molar-refractivity contribution >= 4 is 11.8 Å². The number of unbranched alkanes of at least 4 members (excludes halogenated alkanes) is 9. The molecule has 0 bridgehead atoms. The van der Waals surface area contributed by atoms with Gasteiger partial charge in [0, 0.05) is 19.4 Å². The molecule has 0 atom stereocenters. The van der Waals surface area contributed by atoms with Crippen molar-refractivity contribution in [3.05, 3.63) is 0 Å². The molecule has 21 heavy (non-hydrogen) atoms. The molecule has 0 aliphatic heterocycles. The van der Waals surface area contributed by atoms with Gasteiger partial charge in [-0.2, -0.15) is 0 Å². The molecule has 0 heterocycles. The fourth-order valence-electron chi connectivity index (χ4n) is 2.34. The van der Waals surface area contributed by atoms with E-state index in [1.807, 2.05) is 0 Å². The summed E-state index contributed by atoms with van der Waals surface area (Å²) in [6.45, 7) is 2.90. The smallest absolute Gasteiger partial charge is 0.219 e. The molecule has 4 heteroatoms. The van der Waals surface area contributed by atoms with Gasteiger partial charge in [0.15, 0.2) is 0 Å². The molecule has 0 aliphatic carbocycles. The highest BCUT2D eigenvalue weighted by Gasteiger charge is 2.01. The summed E-state index contributed by atoms with van der Waals surface area (Å²) in [5.41, 5.74) is 5.05. The van der Waals surface area contributed by atoms with Crippen molar-refractivity contribution in [3.8, 4) is 0 Å². The van der Waals surface area contributed by atoms with Crippen LogP contribution < -0.4 is 11.1 Å². The molecule has 0 radical (unpaired) electrons. The lowest BCUT2D eigenvalue weighted by Crippen LogP contribution is -2.24. The summed E-state index contributed by atoms with van der Waals surface area (Å²) in [4.78, 5) is 22.1. The normalized spacial score (nSPS) is 10.5. The van der Waals surface area contributed by atoms with Crippen LogP contribution in [0.25, 0.3) is 0 Å². The standard InChI is InChI=1S/C17H34N2O2/c1-2-3-4-5-6-7-8-9-10-14-17(21)19-15-12-11-13-16(18)20/h2-15H2,1H3,(H2,18,20)(H,19,21). The van der Waals surface area contributed by atoms with Gasteiger partial charge < -0.3 is 11.1 Å². The molecule has 0 aromatic heterocycles. The first-order chi connectivity index (χ1) is 10.2. The predicted octanol–water partition coefficient (Wildman–Crippen LogP) is 3.68. The van der Waals surface area contributed by atoms with Crippen LogP contribution in [0.2, 0.25) is 0 Å². The largest absolute Gasteiger partial charge is 0.370 e. The van der Waals surface area contributed by atoms with E-state index in [1.165, 1.54) is 44.9 Å². The lowest BCUT2D eigenvalue weighted by Gasteiger charge is -2.05. The number of carbonyl (C=O) groups excluding carboxylic acids is 2. The van der Waals surface area contributed by atoms with Crippen molar-refractivity contribution in [1.29, 1.82) is 0 Å². The lowest BCUT2D eigenvalue weighted by molar-refractivity contribution is -0.121. The molecule has 0 saturated carbocycles. The van der Waals surface area contributed by atoms with Crippen LogP contribution in [0.5, 0.6) is 0 Å². The molecular formula is C17H34N2O2. The maximum Gasteiger partial charge on any atom is 0.219 e. The molecular weight excluding hydrogens is 264 g/mol. The number of amides is 2. The Morgan fingerprint density at radius 1 is 0.762 bits per heavy atom. The van der Waals surface area contributed by atoms with Gasteiger partial charge in [0.25, 0.3) is 0 Å². The van der Waals surface area contributed by atoms with Crippen molar-refractivity contribution in [2.45, 2.75) is 90.4 Å². The highest BCUT2D eigenvalue weighted by atomic mass is 16.1. The zero-order chi connectivity index (χ0) is 15.8. The second-order valence-corrected chi connectivity index (χ2v) is 5.85. The topological polar surface area (TPSA) is 72.2 Å². The molecule has 2 amide bonds. The molecule has 0 rings (SSSR count). The van der Waals surface area contributed by atoms with Gasteiger partial charge in [0.05, 0.1) is 0 Å². The Balaban J connectivity index is 3.17. The number of hydrogen-bond acceptors (Lipinski definition) is 2. The van der Waals surface area contributed by atoms with Crippen LogP contribution in [0.3, 0.4) is 0 Å². The van der Waals surface area contributed by atoms with Gasteiger partial charge in [0.1, 0.15) is 0 Å². The summed E-state index contributed by atoms with van der Waals surface area (Å²) >= 11 is 0. The third kappa shape index (κ3) is 16.9. The zero-order valence-electron chi connectivity index (χ0n) is 13.8. The molecule has 0 unspecified atom stereocenters. The SMILES string of the molecule is CCCCCCCCCCCC(=O)NCCCCC(N)=O. The van der Waals surface area contributed by atoms with Crippen molar-refractivity contribution < 1.29 is 9.59 Å². The van der Waals surface area contributed by atoms with Crippen LogP contribution in [0.1, 0.15) is 90.4 Å². The number of carbonyl (C=O) groups is 2. The second kappa shape index (κ2) is 15.3. The van der Waals surface area contributed by atoms with E-state index >= 15 is 0 Å². The Bertz CT molecular complexity index is 268. The maximum atomic E-state index is 11.5. The molecule has 0 spiro atoms. The van der Waals surface area contributed by atoms with Crippen molar-refractivity contribution in [1.82, 2.24) is 5.32 Å². The summed E-state index contributed by atoms with van der Waals surface area (Å²) in [5, 5.41) is 2.89. The van der Waals surface area contributed by atoms with Crippen molar-refractivity contribution in [3.63, 3.8) is 0 Å².